The van der Waals surface area contributed by atoms with Crippen molar-refractivity contribution in [1.29, 1.82) is 0 Å². The number of alkyl halides is 3. The molecular formula is C28H26F3N7O2. The highest BCUT2D eigenvalue weighted by Crippen LogP contribution is 2.41. The Morgan fingerprint density at radius 2 is 1.95 bits per heavy atom. The fourth-order valence-corrected chi connectivity index (χ4v) is 5.06. The van der Waals surface area contributed by atoms with Crippen molar-refractivity contribution in [2.24, 2.45) is 13.0 Å². The van der Waals surface area contributed by atoms with E-state index < -0.39 is 24.3 Å². The third kappa shape index (κ3) is 4.90. The number of aliphatic hydroxyl groups excluding tert-OH is 1. The first-order valence-corrected chi connectivity index (χ1v) is 12.9. The molecule has 0 atom stereocenters. The zero-order valence-electron chi connectivity index (χ0n) is 21.6. The fraction of sp³-hybridized carbons (Fsp3) is 0.321. The van der Waals surface area contributed by atoms with E-state index in [0.717, 1.165) is 18.1 Å². The first-order chi connectivity index (χ1) is 19.2. The van der Waals surface area contributed by atoms with E-state index in [1.54, 1.807) is 29.4 Å². The molecule has 1 amide bonds. The zero-order chi connectivity index (χ0) is 28.0. The van der Waals surface area contributed by atoms with Gasteiger partial charge >= 0.3 is 6.18 Å². The lowest BCUT2D eigenvalue weighted by Crippen LogP contribution is -2.24. The molecule has 1 aromatic carbocycles. The molecule has 2 aliphatic rings. The van der Waals surface area contributed by atoms with Gasteiger partial charge in [0.25, 0.3) is 5.91 Å². The van der Waals surface area contributed by atoms with Gasteiger partial charge < -0.3 is 15.0 Å². The average Bonchev–Trinajstić information content (AvgIpc) is 3.57. The summed E-state index contributed by atoms with van der Waals surface area (Å²) in [6, 6.07) is 7.54. The number of anilines is 2. The maximum Gasteiger partial charge on any atom is 0.416 e. The Bertz CT molecular complexity index is 1600. The molecule has 2 N–H and O–H groups in total. The Balaban J connectivity index is 1.44. The van der Waals surface area contributed by atoms with Gasteiger partial charge in [0.15, 0.2) is 5.82 Å². The number of carbonyl (C=O) groups is 1. The van der Waals surface area contributed by atoms with Crippen LogP contribution in [0.4, 0.5) is 24.8 Å². The van der Waals surface area contributed by atoms with Crippen LogP contribution in [-0.4, -0.2) is 42.3 Å². The predicted octanol–water partition coefficient (Wildman–Crippen LogP) is 4.82. The smallest absolute Gasteiger partial charge is 0.392 e. The van der Waals surface area contributed by atoms with Crippen LogP contribution in [0.2, 0.25) is 0 Å². The first-order valence-electron chi connectivity index (χ1n) is 12.9. The third-order valence-corrected chi connectivity index (χ3v) is 7.32. The fourth-order valence-electron chi connectivity index (χ4n) is 5.06. The average molecular weight is 550 g/mol. The highest BCUT2D eigenvalue weighted by Gasteiger charge is 2.41. The summed E-state index contributed by atoms with van der Waals surface area (Å²) < 4.78 is 43.6. The van der Waals surface area contributed by atoms with Gasteiger partial charge in [-0.2, -0.15) is 13.2 Å². The van der Waals surface area contributed by atoms with Crippen molar-refractivity contribution in [3.63, 3.8) is 0 Å². The van der Waals surface area contributed by atoms with E-state index in [1.807, 2.05) is 19.2 Å². The molecule has 1 aliphatic carbocycles. The number of amides is 1. The normalized spacial score (nSPS) is 15.0. The number of hydrogen-bond acceptors (Lipinski definition) is 7. The second-order valence-corrected chi connectivity index (χ2v) is 10.2. The largest absolute Gasteiger partial charge is 0.416 e. The lowest BCUT2D eigenvalue weighted by Gasteiger charge is -2.19. The van der Waals surface area contributed by atoms with E-state index in [-0.39, 0.29) is 29.1 Å². The number of halogens is 3. The number of nitrogens with one attached hydrogen (secondary N) is 1. The monoisotopic (exact) mass is 549 g/mol. The maximum atomic E-state index is 13.9. The van der Waals surface area contributed by atoms with Gasteiger partial charge in [-0.1, -0.05) is 12.8 Å². The summed E-state index contributed by atoms with van der Waals surface area (Å²) in [6.07, 6.45) is 3.60. The van der Waals surface area contributed by atoms with E-state index in [9.17, 15) is 23.1 Å². The van der Waals surface area contributed by atoms with Crippen LogP contribution in [0.25, 0.3) is 22.5 Å². The van der Waals surface area contributed by atoms with E-state index in [0.29, 0.717) is 35.2 Å². The van der Waals surface area contributed by atoms with Gasteiger partial charge in [-0.3, -0.25) is 14.7 Å². The predicted molar refractivity (Wildman–Crippen MR) is 141 cm³/mol. The molecular weight excluding hydrogens is 523 g/mol. The molecule has 6 rings (SSSR count). The Hall–Kier alpha value is -4.32. The van der Waals surface area contributed by atoms with Crippen LogP contribution in [0.5, 0.6) is 0 Å². The number of hydrogen-bond donors (Lipinski definition) is 2. The summed E-state index contributed by atoms with van der Waals surface area (Å²) >= 11 is 0. The highest BCUT2D eigenvalue weighted by atomic mass is 19.4. The van der Waals surface area contributed by atoms with Crippen molar-refractivity contribution < 1.29 is 23.1 Å². The molecule has 3 aromatic heterocycles. The molecule has 9 nitrogen and oxygen atoms in total. The molecule has 0 spiro atoms. The van der Waals surface area contributed by atoms with Gasteiger partial charge in [-0.05, 0) is 59.4 Å². The molecule has 40 heavy (non-hydrogen) atoms. The molecule has 4 heterocycles. The van der Waals surface area contributed by atoms with Crippen LogP contribution in [-0.2, 0) is 26.4 Å². The lowest BCUT2D eigenvalue weighted by atomic mass is 9.99. The molecule has 1 aliphatic heterocycles. The summed E-state index contributed by atoms with van der Waals surface area (Å²) in [5.74, 6) is 1.39. The number of nitrogens with zero attached hydrogens (tertiary/aromatic N) is 6. The lowest BCUT2D eigenvalue weighted by molar-refractivity contribution is -0.138. The second-order valence-electron chi connectivity index (χ2n) is 10.2. The number of benzene rings is 1. The topological polar surface area (TPSA) is 109 Å². The zero-order valence-corrected chi connectivity index (χ0v) is 21.6. The number of aliphatic hydroxyl groups is 1. The van der Waals surface area contributed by atoms with Gasteiger partial charge in [-0.25, -0.2) is 4.98 Å². The Morgan fingerprint density at radius 1 is 1.12 bits per heavy atom. The number of aromatic nitrogens is 5. The highest BCUT2D eigenvalue weighted by molar-refractivity contribution is 6.10. The van der Waals surface area contributed by atoms with E-state index in [4.69, 9.17) is 0 Å². The molecule has 0 saturated heterocycles. The molecule has 0 bridgehead atoms. The minimum Gasteiger partial charge on any atom is -0.392 e. The first kappa shape index (κ1) is 25.9. The molecule has 1 saturated carbocycles. The van der Waals surface area contributed by atoms with Crippen molar-refractivity contribution in [3.8, 4) is 22.5 Å². The van der Waals surface area contributed by atoms with Gasteiger partial charge in [-0.15, -0.1) is 10.2 Å². The molecule has 0 radical (unpaired) electrons. The maximum absolute atomic E-state index is 13.9. The summed E-state index contributed by atoms with van der Waals surface area (Å²) in [5.41, 5.74) is 0.992. The van der Waals surface area contributed by atoms with Gasteiger partial charge in [0, 0.05) is 42.7 Å². The van der Waals surface area contributed by atoms with Crippen LogP contribution >= 0.6 is 0 Å². The van der Waals surface area contributed by atoms with Crippen LogP contribution < -0.4 is 10.2 Å². The van der Waals surface area contributed by atoms with Gasteiger partial charge in [0.2, 0.25) is 0 Å². The van der Waals surface area contributed by atoms with E-state index in [1.165, 1.54) is 23.8 Å². The number of rotatable bonds is 8. The van der Waals surface area contributed by atoms with E-state index >= 15 is 0 Å². The molecule has 12 heteroatoms. The standard InChI is InChI=1S/C28H26F3N7O2/c1-37-15-34-36-26(37)19-5-6-32-12-21(19)18-10-24(33-7-4-16-2-3-16)35-25(11-18)38-13-22-20(27(38)40)8-17(14-39)9-23(22)28(29,30)31/h5-6,8-12,15-16,39H,2-4,7,13-14H2,1H3,(H,33,35). The molecule has 4 aromatic rings. The minimum atomic E-state index is -4.68. The second kappa shape index (κ2) is 10.0. The molecule has 0 unspecified atom stereocenters. The number of fused-ring (bicyclic) bond motifs is 1. The molecule has 206 valence electrons. The summed E-state index contributed by atoms with van der Waals surface area (Å²) in [4.78, 5) is 23.7. The number of carbonyl (C=O) groups excluding carboxylic acids is 1. The summed E-state index contributed by atoms with van der Waals surface area (Å²) in [5, 5.41) is 21.1. The van der Waals surface area contributed by atoms with Crippen molar-refractivity contribution in [2.75, 3.05) is 16.8 Å². The summed E-state index contributed by atoms with van der Waals surface area (Å²) in [7, 11) is 1.82. The van der Waals surface area contributed by atoms with Crippen molar-refractivity contribution >= 4 is 17.5 Å². The Morgan fingerprint density at radius 3 is 2.65 bits per heavy atom. The van der Waals surface area contributed by atoms with Crippen LogP contribution in [0, 0.1) is 5.92 Å². The Kier molecular flexibility index (Phi) is 6.49. The van der Waals surface area contributed by atoms with Crippen LogP contribution in [0.1, 0.15) is 46.3 Å². The quantitative estimate of drug-likeness (QED) is 0.324. The van der Waals surface area contributed by atoms with Crippen molar-refractivity contribution in [1.82, 2.24) is 24.7 Å². The number of aryl methyl sites for hydroxylation is 1. The minimum absolute atomic E-state index is 0.0223. The number of pyridine rings is 2. The van der Waals surface area contributed by atoms with Crippen molar-refractivity contribution in [2.45, 2.75) is 38.6 Å². The van der Waals surface area contributed by atoms with Gasteiger partial charge in [0.05, 0.1) is 18.7 Å². The summed E-state index contributed by atoms with van der Waals surface area (Å²) in [6.45, 7) is -0.232. The van der Waals surface area contributed by atoms with Crippen LogP contribution in [0.15, 0.2) is 49.1 Å². The van der Waals surface area contributed by atoms with Gasteiger partial charge in [0.1, 0.15) is 18.0 Å². The van der Waals surface area contributed by atoms with E-state index in [2.05, 4.69) is 25.5 Å². The molecule has 1 fully saturated rings. The third-order valence-electron chi connectivity index (χ3n) is 7.32. The SMILES string of the molecule is Cn1cnnc1-c1ccncc1-c1cc(NCCC2CC2)nc(N2Cc3c(cc(CO)cc3C(F)(F)F)C2=O)c1. The Labute approximate surface area is 227 Å². The van der Waals surface area contributed by atoms with Crippen LogP contribution in [0.3, 0.4) is 0 Å². The van der Waals surface area contributed by atoms with Crippen molar-refractivity contribution in [3.05, 3.63) is 71.3 Å².